The number of halogens is 7. The van der Waals surface area contributed by atoms with Crippen LogP contribution >= 0.6 is 0 Å². The molecule has 0 amide bonds. The molecular weight excluding hydrogens is 563 g/mol. The molecule has 0 aliphatic carbocycles. The summed E-state index contributed by atoms with van der Waals surface area (Å²) >= 11 is 0. The number of ether oxygens (including phenoxy) is 1. The number of carbonyl (C=O) groups is 1. The van der Waals surface area contributed by atoms with Crippen molar-refractivity contribution < 1.29 is 45.4 Å². The largest absolute Gasteiger partial charge is 0.468 e. The molecule has 0 saturated heterocycles. The molecule has 0 aliphatic rings. The number of alkyl halides is 6. The molecule has 4 aromatic rings. The molecule has 0 aliphatic heterocycles. The third-order valence-electron chi connectivity index (χ3n) is 6.74. The zero-order valence-electron chi connectivity index (χ0n) is 21.5. The summed E-state index contributed by atoms with van der Waals surface area (Å²) in [6, 6.07) is 9.49. The first-order valence-corrected chi connectivity index (χ1v) is 11.9. The van der Waals surface area contributed by atoms with Gasteiger partial charge in [-0.3, -0.25) is 9.59 Å². The zero-order valence-corrected chi connectivity index (χ0v) is 21.5. The van der Waals surface area contributed by atoms with Crippen molar-refractivity contribution in [3.63, 3.8) is 0 Å². The van der Waals surface area contributed by atoms with Gasteiger partial charge in [-0.25, -0.2) is 9.07 Å². The highest BCUT2D eigenvalue weighted by molar-refractivity contribution is 5.87. The summed E-state index contributed by atoms with van der Waals surface area (Å²) in [5, 5.41) is 14.3. The maximum absolute atomic E-state index is 14.1. The lowest BCUT2D eigenvalue weighted by molar-refractivity contribution is -0.376. The van der Waals surface area contributed by atoms with E-state index in [1.54, 1.807) is 11.5 Å². The van der Waals surface area contributed by atoms with Gasteiger partial charge in [0.25, 0.3) is 11.2 Å². The molecule has 2 aromatic heterocycles. The number of aliphatic hydroxyl groups is 1. The minimum atomic E-state index is -6.03. The van der Waals surface area contributed by atoms with E-state index in [0.29, 0.717) is 40.0 Å². The fourth-order valence-electron chi connectivity index (χ4n) is 4.54. The normalized spacial score (nSPS) is 12.6. The molecule has 0 fully saturated rings. The lowest BCUT2D eigenvalue weighted by Crippen LogP contribution is -2.53. The highest BCUT2D eigenvalue weighted by Gasteiger charge is 2.71. The van der Waals surface area contributed by atoms with Gasteiger partial charge in [-0.05, 0) is 42.3 Å². The van der Waals surface area contributed by atoms with Crippen molar-refractivity contribution in [3.8, 4) is 0 Å². The minimum absolute atomic E-state index is 0.101. The van der Waals surface area contributed by atoms with Crippen molar-refractivity contribution in [1.29, 1.82) is 0 Å². The predicted molar refractivity (Wildman–Crippen MR) is 132 cm³/mol. The van der Waals surface area contributed by atoms with E-state index in [0.717, 1.165) is 16.8 Å². The molecular formula is C27H22F7N3O4. The van der Waals surface area contributed by atoms with Crippen LogP contribution in [0.3, 0.4) is 0 Å². The number of benzene rings is 2. The van der Waals surface area contributed by atoms with Crippen LogP contribution in [0.2, 0.25) is 0 Å². The van der Waals surface area contributed by atoms with Gasteiger partial charge in [-0.15, -0.1) is 0 Å². The topological polar surface area (TPSA) is 86.3 Å². The highest BCUT2D eigenvalue weighted by atomic mass is 19.4. The van der Waals surface area contributed by atoms with Crippen LogP contribution in [0.4, 0.5) is 30.7 Å². The van der Waals surface area contributed by atoms with Crippen LogP contribution in [-0.2, 0) is 34.6 Å². The van der Waals surface area contributed by atoms with E-state index in [4.69, 9.17) is 4.74 Å². The molecule has 0 radical (unpaired) electrons. The maximum Gasteiger partial charge on any atom is 0.430 e. The van der Waals surface area contributed by atoms with E-state index in [1.165, 1.54) is 37.4 Å². The Morgan fingerprint density at radius 3 is 2.20 bits per heavy atom. The SMILES string of the molecule is COC(=O)Cn1c(C)c(Cc2ccc(=O)n(Cc3ccc(C(O)(C(F)(F)F)C(F)(F)F)cc3)n2)c2cc(F)ccc21. The van der Waals surface area contributed by atoms with E-state index < -0.39 is 40.9 Å². The van der Waals surface area contributed by atoms with Gasteiger partial charge in [-0.1, -0.05) is 24.3 Å². The van der Waals surface area contributed by atoms with Crippen LogP contribution in [0.15, 0.2) is 59.4 Å². The number of methoxy groups -OCH3 is 1. The van der Waals surface area contributed by atoms with Gasteiger partial charge in [0.1, 0.15) is 12.4 Å². The number of aromatic nitrogens is 3. The summed E-state index contributed by atoms with van der Waals surface area (Å²) in [5.74, 6) is -1.04. The van der Waals surface area contributed by atoms with Gasteiger partial charge in [0.2, 0.25) is 0 Å². The molecule has 0 unspecified atom stereocenters. The molecule has 2 aromatic carbocycles. The first-order chi connectivity index (χ1) is 19.1. The van der Waals surface area contributed by atoms with Crippen molar-refractivity contribution in [2.45, 2.75) is 44.4 Å². The molecule has 4 rings (SSSR count). The first-order valence-electron chi connectivity index (χ1n) is 11.9. The van der Waals surface area contributed by atoms with E-state index in [2.05, 4.69) is 5.10 Å². The van der Waals surface area contributed by atoms with Crippen LogP contribution in [0.5, 0.6) is 0 Å². The molecule has 0 saturated carbocycles. The predicted octanol–water partition coefficient (Wildman–Crippen LogP) is 4.77. The van der Waals surface area contributed by atoms with Crippen LogP contribution < -0.4 is 5.56 Å². The lowest BCUT2D eigenvalue weighted by atomic mass is 9.91. The van der Waals surface area contributed by atoms with Crippen molar-refractivity contribution >= 4 is 16.9 Å². The summed E-state index contributed by atoms with van der Waals surface area (Å²) < 4.78 is 100. The number of esters is 1. The van der Waals surface area contributed by atoms with Gasteiger partial charge in [-0.2, -0.15) is 31.4 Å². The third-order valence-corrected chi connectivity index (χ3v) is 6.74. The van der Waals surface area contributed by atoms with E-state index in [1.807, 2.05) is 0 Å². The highest BCUT2D eigenvalue weighted by Crippen LogP contribution is 2.50. The molecule has 0 spiro atoms. The second kappa shape index (κ2) is 10.7. The van der Waals surface area contributed by atoms with Crippen LogP contribution in [0, 0.1) is 12.7 Å². The van der Waals surface area contributed by atoms with Crippen molar-refractivity contribution in [2.24, 2.45) is 0 Å². The Bertz CT molecular complexity index is 1640. The molecule has 218 valence electrons. The minimum Gasteiger partial charge on any atom is -0.468 e. The summed E-state index contributed by atoms with van der Waals surface area (Å²) in [4.78, 5) is 24.4. The average molecular weight is 585 g/mol. The molecule has 0 bridgehead atoms. The maximum atomic E-state index is 14.1. The monoisotopic (exact) mass is 585 g/mol. The van der Waals surface area contributed by atoms with Gasteiger partial charge in [0.15, 0.2) is 0 Å². The van der Waals surface area contributed by atoms with Gasteiger partial charge < -0.3 is 14.4 Å². The molecule has 1 N–H and O–H groups in total. The number of rotatable bonds is 7. The van der Waals surface area contributed by atoms with E-state index in [-0.39, 0.29) is 25.1 Å². The summed E-state index contributed by atoms with van der Waals surface area (Å²) in [6.45, 7) is 1.28. The fourth-order valence-corrected chi connectivity index (χ4v) is 4.54. The van der Waals surface area contributed by atoms with Crippen molar-refractivity contribution in [3.05, 3.63) is 98.8 Å². The Hall–Kier alpha value is -4.20. The summed E-state index contributed by atoms with van der Waals surface area (Å²) in [5.41, 5.74) is -4.82. The fraction of sp³-hybridized carbons (Fsp3) is 0.296. The second-order valence-corrected chi connectivity index (χ2v) is 9.29. The van der Waals surface area contributed by atoms with Crippen LogP contribution in [0.25, 0.3) is 10.9 Å². The number of nitrogens with zero attached hydrogens (tertiary/aromatic N) is 3. The smallest absolute Gasteiger partial charge is 0.430 e. The van der Waals surface area contributed by atoms with Crippen LogP contribution in [-0.4, -0.2) is 44.9 Å². The zero-order chi connectivity index (χ0) is 30.3. The Balaban J connectivity index is 1.66. The Morgan fingerprint density at radius 1 is 0.976 bits per heavy atom. The Kier molecular flexibility index (Phi) is 7.74. The van der Waals surface area contributed by atoms with Crippen LogP contribution in [0.1, 0.15) is 28.1 Å². The van der Waals surface area contributed by atoms with Gasteiger partial charge >= 0.3 is 18.3 Å². The van der Waals surface area contributed by atoms with Crippen molar-refractivity contribution in [1.82, 2.24) is 14.3 Å². The third kappa shape index (κ3) is 5.56. The van der Waals surface area contributed by atoms with E-state index in [9.17, 15) is 45.4 Å². The number of fused-ring (bicyclic) bond motifs is 1. The number of carbonyl (C=O) groups excluding carboxylic acids is 1. The summed E-state index contributed by atoms with van der Waals surface area (Å²) in [6.07, 6.45) is -12.0. The lowest BCUT2D eigenvalue weighted by Gasteiger charge is -2.32. The Labute approximate surface area is 227 Å². The second-order valence-electron chi connectivity index (χ2n) is 9.29. The summed E-state index contributed by atoms with van der Waals surface area (Å²) in [7, 11) is 1.23. The standard InChI is InChI=1S/C27H22F7N3O4/c1-15-20(21-11-18(28)7-9-22(21)36(15)14-24(39)41-2)12-19-8-10-23(38)37(35-19)13-16-3-5-17(6-4-16)25(40,26(29,30)31)27(32,33)34/h3-11,40H,12-14H2,1-2H3. The number of hydrogen-bond acceptors (Lipinski definition) is 5. The van der Waals surface area contributed by atoms with Gasteiger partial charge in [0, 0.05) is 34.6 Å². The molecule has 41 heavy (non-hydrogen) atoms. The first kappa shape index (κ1) is 29.8. The molecule has 0 atom stereocenters. The quantitative estimate of drug-likeness (QED) is 0.250. The Morgan fingerprint density at radius 2 is 1.61 bits per heavy atom. The molecule has 7 nitrogen and oxygen atoms in total. The molecule has 14 heteroatoms. The molecule has 2 heterocycles. The van der Waals surface area contributed by atoms with Crippen molar-refractivity contribution in [2.75, 3.05) is 7.11 Å². The number of hydrogen-bond donors (Lipinski definition) is 1. The van der Waals surface area contributed by atoms with Gasteiger partial charge in [0.05, 0.1) is 19.3 Å². The van der Waals surface area contributed by atoms with E-state index >= 15 is 0 Å². The average Bonchev–Trinajstić information content (AvgIpc) is 3.14.